The highest BCUT2D eigenvalue weighted by atomic mass is 79.9. The molecule has 110 valence electrons. The fourth-order valence-electron chi connectivity index (χ4n) is 1.65. The Kier molecular flexibility index (Phi) is 4.62. The minimum absolute atomic E-state index is 0.0707. The first-order valence-corrected chi connectivity index (χ1v) is 6.54. The largest absolute Gasteiger partial charge is 0.323 e. The second kappa shape index (κ2) is 6.26. The van der Waals surface area contributed by atoms with E-state index < -0.39 is 29.2 Å². The number of anilines is 1. The summed E-state index contributed by atoms with van der Waals surface area (Å²) in [5.41, 5.74) is -0.118. The molecule has 2 nitrogen and oxygen atoms in total. The Morgan fingerprint density at radius 1 is 0.952 bits per heavy atom. The van der Waals surface area contributed by atoms with Gasteiger partial charge in [-0.05, 0) is 39.7 Å². The Morgan fingerprint density at radius 2 is 1.67 bits per heavy atom. The maximum Gasteiger partial charge on any atom is 0.228 e. The van der Waals surface area contributed by atoms with E-state index in [1.165, 1.54) is 6.07 Å². The molecule has 0 aliphatic heterocycles. The SMILES string of the molecule is O=C(Cc1ccc(F)c(F)c1)Nc1cc(F)c(Br)cc1F. The maximum atomic E-state index is 13.5. The molecule has 7 heteroatoms. The van der Waals surface area contributed by atoms with Crippen LogP contribution in [0.2, 0.25) is 0 Å². The van der Waals surface area contributed by atoms with Crippen molar-refractivity contribution in [2.45, 2.75) is 6.42 Å². The lowest BCUT2D eigenvalue weighted by molar-refractivity contribution is -0.115. The van der Waals surface area contributed by atoms with E-state index in [0.717, 1.165) is 24.3 Å². The minimum Gasteiger partial charge on any atom is -0.323 e. The zero-order valence-corrected chi connectivity index (χ0v) is 12.0. The number of nitrogens with one attached hydrogen (secondary N) is 1. The minimum atomic E-state index is -1.08. The van der Waals surface area contributed by atoms with Crippen LogP contribution in [0.1, 0.15) is 5.56 Å². The smallest absolute Gasteiger partial charge is 0.228 e. The highest BCUT2D eigenvalue weighted by Crippen LogP contribution is 2.23. The Hall–Kier alpha value is -1.89. The van der Waals surface area contributed by atoms with Crippen LogP contribution >= 0.6 is 15.9 Å². The molecule has 0 spiro atoms. The predicted molar refractivity (Wildman–Crippen MR) is 72.7 cm³/mol. The van der Waals surface area contributed by atoms with Gasteiger partial charge in [0.05, 0.1) is 16.6 Å². The molecule has 0 unspecified atom stereocenters. The Morgan fingerprint density at radius 3 is 2.33 bits per heavy atom. The third-order valence-corrected chi connectivity index (χ3v) is 3.24. The van der Waals surface area contributed by atoms with Crippen molar-refractivity contribution in [2.75, 3.05) is 5.32 Å². The monoisotopic (exact) mass is 361 g/mol. The number of carbonyl (C=O) groups excluding carboxylic acids is 1. The molecule has 1 N–H and O–H groups in total. The van der Waals surface area contributed by atoms with Crippen LogP contribution in [0.25, 0.3) is 0 Å². The van der Waals surface area contributed by atoms with Gasteiger partial charge >= 0.3 is 0 Å². The fraction of sp³-hybridized carbons (Fsp3) is 0.0714. The van der Waals surface area contributed by atoms with Crippen molar-refractivity contribution in [3.63, 3.8) is 0 Å². The van der Waals surface area contributed by atoms with Crippen molar-refractivity contribution < 1.29 is 22.4 Å². The first-order valence-electron chi connectivity index (χ1n) is 5.75. The summed E-state index contributed by atoms with van der Waals surface area (Å²) in [6.45, 7) is 0. The van der Waals surface area contributed by atoms with Crippen molar-refractivity contribution in [2.24, 2.45) is 0 Å². The first kappa shape index (κ1) is 15.5. The van der Waals surface area contributed by atoms with E-state index in [-0.39, 0.29) is 22.1 Å². The topological polar surface area (TPSA) is 29.1 Å². The van der Waals surface area contributed by atoms with E-state index >= 15 is 0 Å². The first-order chi connectivity index (χ1) is 9.86. The van der Waals surface area contributed by atoms with Gasteiger partial charge in [0.25, 0.3) is 0 Å². The maximum absolute atomic E-state index is 13.5. The van der Waals surface area contributed by atoms with E-state index in [2.05, 4.69) is 21.2 Å². The van der Waals surface area contributed by atoms with Crippen LogP contribution in [0.5, 0.6) is 0 Å². The summed E-state index contributed by atoms with van der Waals surface area (Å²) in [5, 5.41) is 2.17. The summed E-state index contributed by atoms with van der Waals surface area (Å²) in [5.74, 6) is -4.34. The molecular weight excluding hydrogens is 354 g/mol. The van der Waals surface area contributed by atoms with Gasteiger partial charge in [0.2, 0.25) is 5.91 Å². The Labute approximate surface area is 125 Å². The normalized spacial score (nSPS) is 10.5. The van der Waals surface area contributed by atoms with Gasteiger partial charge in [0, 0.05) is 6.07 Å². The van der Waals surface area contributed by atoms with E-state index in [0.29, 0.717) is 0 Å². The van der Waals surface area contributed by atoms with E-state index in [4.69, 9.17) is 0 Å². The van der Waals surface area contributed by atoms with E-state index in [1.54, 1.807) is 0 Å². The van der Waals surface area contributed by atoms with Crippen LogP contribution in [0.4, 0.5) is 23.2 Å². The molecule has 0 heterocycles. The van der Waals surface area contributed by atoms with Gasteiger partial charge in [-0.25, -0.2) is 17.6 Å². The van der Waals surface area contributed by atoms with E-state index in [1.807, 2.05) is 0 Å². The molecule has 2 rings (SSSR count). The number of rotatable bonds is 3. The molecule has 2 aromatic rings. The number of carbonyl (C=O) groups is 1. The Balaban J connectivity index is 2.11. The average molecular weight is 362 g/mol. The molecular formula is C14H8BrF4NO. The molecule has 0 aromatic heterocycles. The quantitative estimate of drug-likeness (QED) is 0.644. The van der Waals surface area contributed by atoms with Crippen molar-refractivity contribution in [3.8, 4) is 0 Å². The van der Waals surface area contributed by atoms with E-state index in [9.17, 15) is 22.4 Å². The molecule has 0 saturated carbocycles. The molecule has 0 saturated heterocycles. The molecule has 0 bridgehead atoms. The standard InChI is InChI=1S/C14H8BrF4NO/c15-8-5-12(19)13(6-10(8)17)20-14(21)4-7-1-2-9(16)11(18)3-7/h1-3,5-6H,4H2,(H,20,21). The number of benzene rings is 2. The molecule has 1 amide bonds. The van der Waals surface area contributed by atoms with Crippen LogP contribution in [0.15, 0.2) is 34.8 Å². The van der Waals surface area contributed by atoms with Crippen LogP contribution in [0.3, 0.4) is 0 Å². The van der Waals surface area contributed by atoms with Gasteiger partial charge in [-0.2, -0.15) is 0 Å². The molecule has 0 aliphatic rings. The van der Waals surface area contributed by atoms with Gasteiger partial charge in [-0.1, -0.05) is 6.07 Å². The van der Waals surface area contributed by atoms with Crippen LogP contribution in [0, 0.1) is 23.3 Å². The average Bonchev–Trinajstić information content (AvgIpc) is 2.40. The Bertz CT molecular complexity index is 706. The summed E-state index contributed by atoms with van der Waals surface area (Å²) < 4.78 is 52.5. The molecule has 21 heavy (non-hydrogen) atoms. The second-order valence-corrected chi connectivity index (χ2v) is 5.07. The van der Waals surface area contributed by atoms with Crippen LogP contribution in [-0.4, -0.2) is 5.91 Å². The van der Waals surface area contributed by atoms with Gasteiger partial charge in [0.15, 0.2) is 11.6 Å². The summed E-state index contributed by atoms with van der Waals surface area (Å²) in [6, 6.07) is 4.69. The van der Waals surface area contributed by atoms with Gasteiger partial charge in [-0.15, -0.1) is 0 Å². The zero-order chi connectivity index (χ0) is 15.6. The van der Waals surface area contributed by atoms with Crippen molar-refractivity contribution in [1.82, 2.24) is 0 Å². The summed E-state index contributed by atoms with van der Waals surface area (Å²) in [6.07, 6.45) is -0.297. The lowest BCUT2D eigenvalue weighted by Crippen LogP contribution is -2.15. The third-order valence-electron chi connectivity index (χ3n) is 2.63. The number of amides is 1. The molecule has 0 aliphatic carbocycles. The van der Waals surface area contributed by atoms with Crippen LogP contribution in [-0.2, 0) is 11.2 Å². The lowest BCUT2D eigenvalue weighted by atomic mass is 10.1. The number of hydrogen-bond acceptors (Lipinski definition) is 1. The predicted octanol–water partition coefficient (Wildman–Crippen LogP) is 4.19. The van der Waals surface area contributed by atoms with Gasteiger partial charge in [-0.3, -0.25) is 4.79 Å². The molecule has 2 aromatic carbocycles. The number of halogens is 5. The zero-order valence-electron chi connectivity index (χ0n) is 10.4. The van der Waals surface area contributed by atoms with Crippen molar-refractivity contribution in [1.29, 1.82) is 0 Å². The van der Waals surface area contributed by atoms with Gasteiger partial charge in [0.1, 0.15) is 11.6 Å². The van der Waals surface area contributed by atoms with Crippen molar-refractivity contribution >= 4 is 27.5 Å². The van der Waals surface area contributed by atoms with Crippen LogP contribution < -0.4 is 5.32 Å². The fourth-order valence-corrected chi connectivity index (χ4v) is 1.96. The summed E-state index contributed by atoms with van der Waals surface area (Å²) in [4.78, 5) is 11.7. The summed E-state index contributed by atoms with van der Waals surface area (Å²) >= 11 is 2.81. The molecule has 0 fully saturated rings. The van der Waals surface area contributed by atoms with Gasteiger partial charge < -0.3 is 5.32 Å². The molecule has 0 atom stereocenters. The van der Waals surface area contributed by atoms with Crippen molar-refractivity contribution in [3.05, 3.63) is 63.6 Å². The molecule has 0 radical (unpaired) electrons. The second-order valence-electron chi connectivity index (χ2n) is 4.22. The highest BCUT2D eigenvalue weighted by Gasteiger charge is 2.12. The highest BCUT2D eigenvalue weighted by molar-refractivity contribution is 9.10. The number of hydrogen-bond donors (Lipinski definition) is 1. The summed E-state index contributed by atoms with van der Waals surface area (Å²) in [7, 11) is 0. The third kappa shape index (κ3) is 3.81. The lowest BCUT2D eigenvalue weighted by Gasteiger charge is -2.08.